The van der Waals surface area contributed by atoms with Gasteiger partial charge in [-0.1, -0.05) is 19.3 Å². The van der Waals surface area contributed by atoms with E-state index in [1.54, 1.807) is 0 Å². The smallest absolute Gasteiger partial charge is 0.310 e. The van der Waals surface area contributed by atoms with Crippen molar-refractivity contribution in [3.63, 3.8) is 0 Å². The van der Waals surface area contributed by atoms with E-state index in [0.29, 0.717) is 12.8 Å². The molecule has 0 saturated heterocycles. The number of aliphatic carboxylic acids is 1. The summed E-state index contributed by atoms with van der Waals surface area (Å²) in [6.07, 6.45) is 3.58. The quantitative estimate of drug-likeness (QED) is 0.718. The maximum absolute atomic E-state index is 11.3. The van der Waals surface area contributed by atoms with Crippen LogP contribution in [0.1, 0.15) is 45.4 Å². The number of carbonyl (C=O) groups excluding carboxylic acids is 2. The largest absolute Gasteiger partial charge is 0.481 e. The Morgan fingerprint density at radius 2 is 1.67 bits per heavy atom. The molecule has 0 bridgehead atoms. The van der Waals surface area contributed by atoms with Crippen molar-refractivity contribution in [2.75, 3.05) is 0 Å². The van der Waals surface area contributed by atoms with Gasteiger partial charge in [-0.3, -0.25) is 14.4 Å². The molecule has 0 radical (unpaired) electrons. The molecular formula is C11H16O4. The molecule has 1 aliphatic rings. The molecule has 0 amide bonds. The minimum absolute atomic E-state index is 0.127. The molecule has 4 heteroatoms. The van der Waals surface area contributed by atoms with E-state index in [0.717, 1.165) is 19.3 Å². The Balaban J connectivity index is 2.77. The van der Waals surface area contributed by atoms with Crippen molar-refractivity contribution in [2.45, 2.75) is 45.4 Å². The van der Waals surface area contributed by atoms with E-state index < -0.39 is 23.0 Å². The predicted molar refractivity (Wildman–Crippen MR) is 53.5 cm³/mol. The minimum Gasteiger partial charge on any atom is -0.481 e. The Kier molecular flexibility index (Phi) is 3.61. The van der Waals surface area contributed by atoms with Crippen LogP contribution in [0.25, 0.3) is 0 Å². The summed E-state index contributed by atoms with van der Waals surface area (Å²) in [5.41, 5.74) is -0.971. The molecule has 0 aromatic rings. The zero-order valence-corrected chi connectivity index (χ0v) is 8.91. The van der Waals surface area contributed by atoms with Crippen molar-refractivity contribution >= 4 is 17.5 Å². The van der Waals surface area contributed by atoms with Crippen LogP contribution in [0.15, 0.2) is 0 Å². The second-order valence-electron chi connectivity index (χ2n) is 4.30. The second-order valence-corrected chi connectivity index (χ2v) is 4.30. The van der Waals surface area contributed by atoms with E-state index in [4.69, 9.17) is 5.11 Å². The summed E-state index contributed by atoms with van der Waals surface area (Å²) in [7, 11) is 0. The number of ketones is 2. The monoisotopic (exact) mass is 212 g/mol. The van der Waals surface area contributed by atoms with E-state index in [1.165, 1.54) is 6.92 Å². The zero-order chi connectivity index (χ0) is 11.5. The predicted octanol–water partition coefficient (Wildman–Crippen LogP) is 1.57. The molecule has 1 N–H and O–H groups in total. The van der Waals surface area contributed by atoms with Gasteiger partial charge in [0.15, 0.2) is 11.6 Å². The third-order valence-corrected chi connectivity index (χ3v) is 3.16. The number of Topliss-reactive ketones (excluding diaryl/α,β-unsaturated/α-hetero) is 2. The van der Waals surface area contributed by atoms with Crippen LogP contribution in [0, 0.1) is 5.41 Å². The lowest BCUT2D eigenvalue weighted by Gasteiger charge is -2.32. The van der Waals surface area contributed by atoms with E-state index >= 15 is 0 Å². The SMILES string of the molecule is CC(=O)C(=O)CC1(C(=O)O)CCCCC1. The Labute approximate surface area is 88.7 Å². The summed E-state index contributed by atoms with van der Waals surface area (Å²) in [5, 5.41) is 9.16. The highest BCUT2D eigenvalue weighted by atomic mass is 16.4. The molecular weight excluding hydrogens is 196 g/mol. The normalized spacial score (nSPS) is 19.5. The molecule has 0 heterocycles. The van der Waals surface area contributed by atoms with Crippen molar-refractivity contribution in [1.82, 2.24) is 0 Å². The number of hydrogen-bond donors (Lipinski definition) is 1. The van der Waals surface area contributed by atoms with Crippen LogP contribution in [0.5, 0.6) is 0 Å². The van der Waals surface area contributed by atoms with Gasteiger partial charge in [0.25, 0.3) is 0 Å². The number of carbonyl (C=O) groups is 3. The highest BCUT2D eigenvalue weighted by Gasteiger charge is 2.41. The van der Waals surface area contributed by atoms with Gasteiger partial charge in [-0.2, -0.15) is 0 Å². The fourth-order valence-electron chi connectivity index (χ4n) is 2.13. The van der Waals surface area contributed by atoms with Crippen molar-refractivity contribution in [1.29, 1.82) is 0 Å². The molecule has 1 aliphatic carbocycles. The Hall–Kier alpha value is -1.19. The van der Waals surface area contributed by atoms with E-state index in [-0.39, 0.29) is 6.42 Å². The number of carboxylic acid groups (broad SMARTS) is 1. The molecule has 0 aromatic heterocycles. The molecule has 0 spiro atoms. The number of carboxylic acids is 1. The first-order chi connectivity index (χ1) is 6.98. The molecule has 1 rings (SSSR count). The first-order valence-electron chi connectivity index (χ1n) is 5.25. The molecule has 0 aromatic carbocycles. The van der Waals surface area contributed by atoms with Crippen LogP contribution >= 0.6 is 0 Å². The van der Waals surface area contributed by atoms with Gasteiger partial charge in [-0.15, -0.1) is 0 Å². The topological polar surface area (TPSA) is 71.4 Å². The fourth-order valence-corrected chi connectivity index (χ4v) is 2.13. The van der Waals surface area contributed by atoms with Crippen LogP contribution in [0.3, 0.4) is 0 Å². The van der Waals surface area contributed by atoms with E-state index in [2.05, 4.69) is 0 Å². The van der Waals surface area contributed by atoms with Crippen LogP contribution in [0.4, 0.5) is 0 Å². The molecule has 1 saturated carbocycles. The molecule has 0 unspecified atom stereocenters. The fraction of sp³-hybridized carbons (Fsp3) is 0.727. The van der Waals surface area contributed by atoms with Gasteiger partial charge >= 0.3 is 5.97 Å². The first kappa shape index (κ1) is 11.9. The summed E-state index contributed by atoms with van der Waals surface area (Å²) < 4.78 is 0. The average molecular weight is 212 g/mol. The number of rotatable bonds is 4. The van der Waals surface area contributed by atoms with Gasteiger partial charge in [-0.25, -0.2) is 0 Å². The summed E-state index contributed by atoms with van der Waals surface area (Å²) >= 11 is 0. The van der Waals surface area contributed by atoms with Crippen LogP contribution in [-0.2, 0) is 14.4 Å². The first-order valence-corrected chi connectivity index (χ1v) is 5.25. The Morgan fingerprint density at radius 1 is 1.13 bits per heavy atom. The highest BCUT2D eigenvalue weighted by Crippen LogP contribution is 2.39. The Bertz CT molecular complexity index is 287. The van der Waals surface area contributed by atoms with Crippen molar-refractivity contribution in [3.05, 3.63) is 0 Å². The van der Waals surface area contributed by atoms with Crippen molar-refractivity contribution in [3.8, 4) is 0 Å². The molecule has 0 aliphatic heterocycles. The van der Waals surface area contributed by atoms with E-state index in [1.807, 2.05) is 0 Å². The van der Waals surface area contributed by atoms with Crippen LogP contribution in [-0.4, -0.2) is 22.6 Å². The molecule has 84 valence electrons. The summed E-state index contributed by atoms with van der Waals surface area (Å²) in [4.78, 5) is 33.3. The summed E-state index contributed by atoms with van der Waals surface area (Å²) in [6, 6.07) is 0. The molecule has 1 fully saturated rings. The lowest BCUT2D eigenvalue weighted by atomic mass is 9.70. The molecule has 15 heavy (non-hydrogen) atoms. The van der Waals surface area contributed by atoms with E-state index in [9.17, 15) is 14.4 Å². The number of hydrogen-bond acceptors (Lipinski definition) is 3. The van der Waals surface area contributed by atoms with Gasteiger partial charge in [0.2, 0.25) is 0 Å². The van der Waals surface area contributed by atoms with Crippen LogP contribution < -0.4 is 0 Å². The third kappa shape index (κ3) is 2.64. The van der Waals surface area contributed by atoms with Gasteiger partial charge < -0.3 is 5.11 Å². The van der Waals surface area contributed by atoms with Gasteiger partial charge in [0.05, 0.1) is 5.41 Å². The van der Waals surface area contributed by atoms with Gasteiger partial charge in [-0.05, 0) is 12.8 Å². The van der Waals surface area contributed by atoms with Crippen molar-refractivity contribution < 1.29 is 19.5 Å². The van der Waals surface area contributed by atoms with Gasteiger partial charge in [0.1, 0.15) is 0 Å². The standard InChI is InChI=1S/C11H16O4/c1-8(12)9(13)7-11(10(14)15)5-3-2-4-6-11/h2-7H2,1H3,(H,14,15). The van der Waals surface area contributed by atoms with Gasteiger partial charge in [0, 0.05) is 13.3 Å². The van der Waals surface area contributed by atoms with Crippen LogP contribution in [0.2, 0.25) is 0 Å². The Morgan fingerprint density at radius 3 is 2.07 bits per heavy atom. The lowest BCUT2D eigenvalue weighted by molar-refractivity contribution is -0.154. The third-order valence-electron chi connectivity index (χ3n) is 3.16. The lowest BCUT2D eigenvalue weighted by Crippen LogP contribution is -2.36. The molecule has 0 atom stereocenters. The summed E-state index contributed by atoms with van der Waals surface area (Å²) in [6.45, 7) is 1.20. The minimum atomic E-state index is -0.971. The van der Waals surface area contributed by atoms with Crippen molar-refractivity contribution in [2.24, 2.45) is 5.41 Å². The highest BCUT2D eigenvalue weighted by molar-refractivity contribution is 6.36. The average Bonchev–Trinajstić information content (AvgIpc) is 2.18. The maximum atomic E-state index is 11.3. The maximum Gasteiger partial charge on any atom is 0.310 e. The summed E-state index contributed by atoms with van der Waals surface area (Å²) in [5.74, 6) is -2.03. The zero-order valence-electron chi connectivity index (χ0n) is 8.91. The second kappa shape index (κ2) is 4.55. The molecule has 4 nitrogen and oxygen atoms in total.